The fraction of sp³-hybridized carbons (Fsp3) is 0.400. The highest BCUT2D eigenvalue weighted by molar-refractivity contribution is 5.51. The molecule has 0 atom stereocenters. The number of anilines is 3. The van der Waals surface area contributed by atoms with Gasteiger partial charge >= 0.3 is 0 Å². The Hall–Kier alpha value is -2.18. The van der Waals surface area contributed by atoms with E-state index in [1.165, 1.54) is 12.8 Å². The molecule has 0 saturated heterocycles. The second-order valence-corrected chi connectivity index (χ2v) is 4.03. The first-order valence-electron chi connectivity index (χ1n) is 5.46. The topological polar surface area (TPSA) is 88.8 Å². The van der Waals surface area contributed by atoms with Gasteiger partial charge in [0.2, 0.25) is 5.95 Å². The van der Waals surface area contributed by atoms with Gasteiger partial charge in [-0.15, -0.1) is 5.10 Å². The van der Waals surface area contributed by atoms with Gasteiger partial charge in [0.15, 0.2) is 11.6 Å². The summed E-state index contributed by atoms with van der Waals surface area (Å²) in [5, 5.41) is 17.8. The van der Waals surface area contributed by atoms with E-state index in [1.54, 1.807) is 12.3 Å². The summed E-state index contributed by atoms with van der Waals surface area (Å²) in [5.41, 5.74) is 0. The molecule has 3 rings (SSSR count). The molecule has 0 aliphatic heterocycles. The first-order chi connectivity index (χ1) is 8.29. The number of hydrogen-bond acceptors (Lipinski definition) is 7. The van der Waals surface area contributed by atoms with E-state index in [2.05, 4.69) is 31.0 Å². The van der Waals surface area contributed by atoms with Gasteiger partial charge in [-0.25, -0.2) is 0 Å². The van der Waals surface area contributed by atoms with Gasteiger partial charge in [-0.2, -0.15) is 10.1 Å². The zero-order chi connectivity index (χ0) is 11.7. The third-order valence-corrected chi connectivity index (χ3v) is 2.35. The van der Waals surface area contributed by atoms with Gasteiger partial charge in [0.1, 0.15) is 5.76 Å². The van der Waals surface area contributed by atoms with Crippen molar-refractivity contribution in [1.82, 2.24) is 20.3 Å². The highest BCUT2D eigenvalue weighted by Gasteiger charge is 2.22. The molecule has 17 heavy (non-hydrogen) atoms. The molecule has 2 aromatic rings. The van der Waals surface area contributed by atoms with Crippen LogP contribution in [-0.2, 0) is 0 Å². The molecule has 1 aliphatic rings. The molecular formula is C10H12N6O. The molecule has 88 valence electrons. The molecule has 1 aliphatic carbocycles. The lowest BCUT2D eigenvalue weighted by Crippen LogP contribution is -2.07. The van der Waals surface area contributed by atoms with Crippen LogP contribution in [0.1, 0.15) is 18.6 Å². The minimum atomic E-state index is 0.501. The summed E-state index contributed by atoms with van der Waals surface area (Å²) in [6.45, 7) is 1.83. The van der Waals surface area contributed by atoms with Crippen molar-refractivity contribution in [2.45, 2.75) is 25.8 Å². The summed E-state index contributed by atoms with van der Waals surface area (Å²) in [6.07, 6.45) is 3.88. The van der Waals surface area contributed by atoms with E-state index < -0.39 is 0 Å². The molecule has 1 saturated carbocycles. The first kappa shape index (κ1) is 10.0. The molecule has 7 nitrogen and oxygen atoms in total. The van der Waals surface area contributed by atoms with E-state index in [1.807, 2.05) is 6.92 Å². The Balaban J connectivity index is 1.73. The van der Waals surface area contributed by atoms with Crippen molar-refractivity contribution in [3.05, 3.63) is 18.0 Å². The van der Waals surface area contributed by atoms with Gasteiger partial charge in [0, 0.05) is 12.1 Å². The molecule has 2 aromatic heterocycles. The number of aromatic nitrogens is 4. The largest absolute Gasteiger partial charge is 0.360 e. The van der Waals surface area contributed by atoms with Crippen LogP contribution in [-0.4, -0.2) is 26.4 Å². The quantitative estimate of drug-likeness (QED) is 0.825. The Morgan fingerprint density at radius 1 is 1.35 bits per heavy atom. The smallest absolute Gasteiger partial charge is 0.244 e. The summed E-state index contributed by atoms with van der Waals surface area (Å²) in [4.78, 5) is 4.28. The van der Waals surface area contributed by atoms with Gasteiger partial charge in [0.25, 0.3) is 0 Å². The van der Waals surface area contributed by atoms with Gasteiger partial charge in [-0.3, -0.25) is 0 Å². The Labute approximate surface area is 97.6 Å². The minimum absolute atomic E-state index is 0.501. The van der Waals surface area contributed by atoms with Gasteiger partial charge in [-0.05, 0) is 19.8 Å². The monoisotopic (exact) mass is 232 g/mol. The van der Waals surface area contributed by atoms with E-state index in [4.69, 9.17) is 4.52 Å². The normalized spacial score (nSPS) is 14.6. The first-order valence-corrected chi connectivity index (χ1v) is 5.46. The summed E-state index contributed by atoms with van der Waals surface area (Å²) in [7, 11) is 0. The summed E-state index contributed by atoms with van der Waals surface area (Å²) in [6, 6.07) is 2.29. The van der Waals surface area contributed by atoms with E-state index in [9.17, 15) is 0 Å². The predicted molar refractivity (Wildman–Crippen MR) is 61.0 cm³/mol. The maximum atomic E-state index is 4.95. The molecule has 0 amide bonds. The molecular weight excluding hydrogens is 220 g/mol. The lowest BCUT2D eigenvalue weighted by atomic mass is 10.5. The van der Waals surface area contributed by atoms with Gasteiger partial charge in [-0.1, -0.05) is 5.16 Å². The average molecular weight is 232 g/mol. The summed E-state index contributed by atoms with van der Waals surface area (Å²) >= 11 is 0. The molecule has 0 aromatic carbocycles. The van der Waals surface area contributed by atoms with Crippen LogP contribution >= 0.6 is 0 Å². The molecule has 7 heteroatoms. The fourth-order valence-corrected chi connectivity index (χ4v) is 1.39. The van der Waals surface area contributed by atoms with Gasteiger partial charge < -0.3 is 15.2 Å². The molecule has 0 radical (unpaired) electrons. The Bertz CT molecular complexity index is 521. The van der Waals surface area contributed by atoms with Crippen LogP contribution in [0.2, 0.25) is 0 Å². The number of hydrogen-bond donors (Lipinski definition) is 2. The van der Waals surface area contributed by atoms with Crippen LogP contribution in [0.5, 0.6) is 0 Å². The van der Waals surface area contributed by atoms with Crippen molar-refractivity contribution in [3.63, 3.8) is 0 Å². The van der Waals surface area contributed by atoms with Crippen molar-refractivity contribution in [2.75, 3.05) is 10.6 Å². The summed E-state index contributed by atoms with van der Waals surface area (Å²) in [5.74, 6) is 2.49. The highest BCUT2D eigenvalue weighted by Crippen LogP contribution is 2.23. The molecule has 2 N–H and O–H groups in total. The van der Waals surface area contributed by atoms with Crippen molar-refractivity contribution in [3.8, 4) is 0 Å². The van der Waals surface area contributed by atoms with Crippen LogP contribution < -0.4 is 10.6 Å². The average Bonchev–Trinajstić information content (AvgIpc) is 3.02. The SMILES string of the molecule is Cc1cc(Nc2cnnc(NC3CC3)n2)no1. The van der Waals surface area contributed by atoms with Crippen molar-refractivity contribution < 1.29 is 4.52 Å². The van der Waals surface area contributed by atoms with Crippen LogP contribution in [0.4, 0.5) is 17.6 Å². The predicted octanol–water partition coefficient (Wildman–Crippen LogP) is 1.49. The van der Waals surface area contributed by atoms with E-state index in [0.717, 1.165) is 5.76 Å². The van der Waals surface area contributed by atoms with Crippen LogP contribution in [0, 0.1) is 6.92 Å². The van der Waals surface area contributed by atoms with Crippen molar-refractivity contribution >= 4 is 17.6 Å². The molecule has 0 unspecified atom stereocenters. The number of nitrogens with zero attached hydrogens (tertiary/aromatic N) is 4. The number of aryl methyl sites for hydroxylation is 1. The molecule has 2 heterocycles. The van der Waals surface area contributed by atoms with Gasteiger partial charge in [0.05, 0.1) is 6.20 Å². The second kappa shape index (κ2) is 4.00. The second-order valence-electron chi connectivity index (χ2n) is 4.03. The number of nitrogens with one attached hydrogen (secondary N) is 2. The Morgan fingerprint density at radius 3 is 2.94 bits per heavy atom. The summed E-state index contributed by atoms with van der Waals surface area (Å²) < 4.78 is 4.95. The maximum absolute atomic E-state index is 4.95. The number of rotatable bonds is 4. The van der Waals surface area contributed by atoms with E-state index in [0.29, 0.717) is 23.6 Å². The van der Waals surface area contributed by atoms with E-state index >= 15 is 0 Å². The zero-order valence-corrected chi connectivity index (χ0v) is 9.34. The Morgan fingerprint density at radius 2 is 2.24 bits per heavy atom. The third-order valence-electron chi connectivity index (χ3n) is 2.35. The standard InChI is InChI=1S/C10H12N6O/c1-6-4-8(16-17-6)13-9-5-11-15-10(14-9)12-7-2-3-7/h4-5,7H,2-3H2,1H3,(H2,12,13,14,15,16). The molecule has 0 spiro atoms. The van der Waals surface area contributed by atoms with Crippen LogP contribution in [0.15, 0.2) is 16.8 Å². The minimum Gasteiger partial charge on any atom is -0.360 e. The highest BCUT2D eigenvalue weighted by atomic mass is 16.5. The Kier molecular flexibility index (Phi) is 2.36. The van der Waals surface area contributed by atoms with E-state index in [-0.39, 0.29) is 0 Å². The van der Waals surface area contributed by atoms with Crippen molar-refractivity contribution in [2.24, 2.45) is 0 Å². The zero-order valence-electron chi connectivity index (χ0n) is 9.34. The molecule has 0 bridgehead atoms. The van der Waals surface area contributed by atoms with Crippen molar-refractivity contribution in [1.29, 1.82) is 0 Å². The molecule has 1 fully saturated rings. The maximum Gasteiger partial charge on any atom is 0.244 e. The van der Waals surface area contributed by atoms with Crippen LogP contribution in [0.3, 0.4) is 0 Å². The lowest BCUT2D eigenvalue weighted by molar-refractivity contribution is 0.400. The lowest BCUT2D eigenvalue weighted by Gasteiger charge is -2.03. The fourth-order valence-electron chi connectivity index (χ4n) is 1.39. The van der Waals surface area contributed by atoms with Crippen LogP contribution in [0.25, 0.3) is 0 Å². The third kappa shape index (κ3) is 2.49.